The molecule has 4 heteroatoms. The Morgan fingerprint density at radius 1 is 1.27 bits per heavy atom. The Hall–Kier alpha value is -0.680. The van der Waals surface area contributed by atoms with Gasteiger partial charge in [0.2, 0.25) is 0 Å². The number of hydrogen-bond acceptors (Lipinski definition) is 2. The monoisotopic (exact) mass is 333 g/mol. The Morgan fingerprint density at radius 3 is 2.80 bits per heavy atom. The van der Waals surface area contributed by atoms with Crippen LogP contribution in [-0.2, 0) is 6.54 Å². The van der Waals surface area contributed by atoms with Gasteiger partial charge in [0.15, 0.2) is 3.77 Å². The van der Waals surface area contributed by atoms with Crippen LogP contribution in [0.15, 0.2) is 40.8 Å². The van der Waals surface area contributed by atoms with Crippen molar-refractivity contribution in [3.05, 3.63) is 50.9 Å². The zero-order valence-electron chi connectivity index (χ0n) is 7.84. The molecule has 1 aromatic heterocycles. The van der Waals surface area contributed by atoms with Gasteiger partial charge in [-0.3, -0.25) is 0 Å². The van der Waals surface area contributed by atoms with Crippen LogP contribution in [0.5, 0.6) is 0 Å². The van der Waals surface area contributed by atoms with E-state index in [2.05, 4.69) is 27.9 Å². The van der Waals surface area contributed by atoms with E-state index >= 15 is 0 Å². The molecule has 0 aliphatic rings. The van der Waals surface area contributed by atoms with Crippen LogP contribution in [-0.4, -0.2) is 0 Å². The summed E-state index contributed by atoms with van der Waals surface area (Å²) in [5, 5.41) is 3.96. The minimum absolute atomic E-state index is 0.670. The molecule has 15 heavy (non-hydrogen) atoms. The molecule has 0 saturated carbocycles. The third-order valence-electron chi connectivity index (χ3n) is 1.92. The molecule has 0 radical (unpaired) electrons. The first kappa shape index (κ1) is 10.8. The SMILES string of the molecule is Clc1cccc(NCc2ccc(I)o2)c1. The number of hydrogen-bond donors (Lipinski definition) is 1. The van der Waals surface area contributed by atoms with Crippen LogP contribution in [0, 0.1) is 3.77 Å². The summed E-state index contributed by atoms with van der Waals surface area (Å²) in [6, 6.07) is 11.5. The first-order valence-electron chi connectivity index (χ1n) is 4.48. The van der Waals surface area contributed by atoms with Crippen molar-refractivity contribution in [2.24, 2.45) is 0 Å². The standard InChI is InChI=1S/C11H9ClINO/c12-8-2-1-3-9(6-8)14-7-10-4-5-11(13)15-10/h1-6,14H,7H2. The van der Waals surface area contributed by atoms with Crippen molar-refractivity contribution < 1.29 is 4.42 Å². The van der Waals surface area contributed by atoms with Crippen LogP contribution < -0.4 is 5.32 Å². The van der Waals surface area contributed by atoms with Crippen molar-refractivity contribution in [3.63, 3.8) is 0 Å². The highest BCUT2D eigenvalue weighted by atomic mass is 127. The molecule has 0 aliphatic heterocycles. The maximum absolute atomic E-state index is 5.87. The number of furan rings is 1. The fourth-order valence-corrected chi connectivity index (χ4v) is 1.89. The third-order valence-corrected chi connectivity index (χ3v) is 2.74. The lowest BCUT2D eigenvalue weighted by molar-refractivity contribution is 0.493. The number of halogens is 2. The van der Waals surface area contributed by atoms with Gasteiger partial charge in [0.05, 0.1) is 6.54 Å². The van der Waals surface area contributed by atoms with Crippen LogP contribution in [0.2, 0.25) is 5.02 Å². The zero-order chi connectivity index (χ0) is 10.7. The second kappa shape index (κ2) is 4.90. The lowest BCUT2D eigenvalue weighted by atomic mass is 10.3. The van der Waals surface area contributed by atoms with Gasteiger partial charge in [-0.2, -0.15) is 0 Å². The van der Waals surface area contributed by atoms with E-state index < -0.39 is 0 Å². The van der Waals surface area contributed by atoms with Crippen LogP contribution in [0.4, 0.5) is 5.69 Å². The summed E-state index contributed by atoms with van der Waals surface area (Å²) in [6.07, 6.45) is 0. The molecule has 1 heterocycles. The average Bonchev–Trinajstić information content (AvgIpc) is 2.62. The van der Waals surface area contributed by atoms with E-state index in [0.29, 0.717) is 6.54 Å². The minimum atomic E-state index is 0.670. The summed E-state index contributed by atoms with van der Waals surface area (Å²) in [5.74, 6) is 0.916. The predicted molar refractivity (Wildman–Crippen MR) is 70.2 cm³/mol. The van der Waals surface area contributed by atoms with Gasteiger partial charge in [-0.25, -0.2) is 0 Å². The minimum Gasteiger partial charge on any atom is -0.454 e. The molecule has 0 aliphatic carbocycles. The summed E-state index contributed by atoms with van der Waals surface area (Å²) < 4.78 is 6.33. The first-order chi connectivity index (χ1) is 7.24. The van der Waals surface area contributed by atoms with Crippen molar-refractivity contribution in [1.82, 2.24) is 0 Å². The Labute approximate surface area is 107 Å². The summed E-state index contributed by atoms with van der Waals surface area (Å²) in [4.78, 5) is 0. The number of benzene rings is 1. The van der Waals surface area contributed by atoms with Gasteiger partial charge in [-0.1, -0.05) is 17.7 Å². The van der Waals surface area contributed by atoms with Crippen molar-refractivity contribution >= 4 is 39.9 Å². The second-order valence-corrected chi connectivity index (χ2v) is 4.57. The smallest absolute Gasteiger partial charge is 0.164 e. The van der Waals surface area contributed by atoms with E-state index in [4.69, 9.17) is 16.0 Å². The van der Waals surface area contributed by atoms with E-state index in [0.717, 1.165) is 20.2 Å². The van der Waals surface area contributed by atoms with E-state index in [1.807, 2.05) is 36.4 Å². The van der Waals surface area contributed by atoms with Gasteiger partial charge >= 0.3 is 0 Å². The highest BCUT2D eigenvalue weighted by Crippen LogP contribution is 2.16. The van der Waals surface area contributed by atoms with Crippen molar-refractivity contribution in [1.29, 1.82) is 0 Å². The fourth-order valence-electron chi connectivity index (χ4n) is 1.23. The molecule has 2 nitrogen and oxygen atoms in total. The summed E-state index contributed by atoms with van der Waals surface area (Å²) in [5.41, 5.74) is 0.994. The van der Waals surface area contributed by atoms with E-state index in [1.165, 1.54) is 0 Å². The molecule has 0 amide bonds. The van der Waals surface area contributed by atoms with Gasteiger partial charge in [-0.15, -0.1) is 0 Å². The Balaban J connectivity index is 1.99. The molecule has 78 valence electrons. The van der Waals surface area contributed by atoms with E-state index in [1.54, 1.807) is 0 Å². The molecule has 0 spiro atoms. The molecule has 2 rings (SSSR count). The number of anilines is 1. The molecular weight excluding hydrogens is 324 g/mol. The summed E-state index contributed by atoms with van der Waals surface area (Å²) in [6.45, 7) is 0.670. The average molecular weight is 334 g/mol. The van der Waals surface area contributed by atoms with Gasteiger partial charge < -0.3 is 9.73 Å². The summed E-state index contributed by atoms with van der Waals surface area (Å²) >= 11 is 8.01. The molecular formula is C11H9ClINO. The normalized spacial score (nSPS) is 10.3. The highest BCUT2D eigenvalue weighted by Gasteiger charge is 1.99. The molecule has 1 aromatic carbocycles. The van der Waals surface area contributed by atoms with Crippen molar-refractivity contribution in [2.75, 3.05) is 5.32 Å². The van der Waals surface area contributed by atoms with Crippen LogP contribution in [0.1, 0.15) is 5.76 Å². The quantitative estimate of drug-likeness (QED) is 0.854. The Kier molecular flexibility index (Phi) is 3.53. The van der Waals surface area contributed by atoms with Gasteiger partial charge in [0, 0.05) is 10.7 Å². The molecule has 2 aromatic rings. The molecule has 0 atom stereocenters. The van der Waals surface area contributed by atoms with Crippen molar-refractivity contribution in [3.8, 4) is 0 Å². The van der Waals surface area contributed by atoms with E-state index in [-0.39, 0.29) is 0 Å². The van der Waals surface area contributed by atoms with Crippen molar-refractivity contribution in [2.45, 2.75) is 6.54 Å². The largest absolute Gasteiger partial charge is 0.454 e. The molecule has 0 saturated heterocycles. The molecule has 0 bridgehead atoms. The Morgan fingerprint density at radius 2 is 2.13 bits per heavy atom. The van der Waals surface area contributed by atoms with Gasteiger partial charge in [0.1, 0.15) is 5.76 Å². The predicted octanol–water partition coefficient (Wildman–Crippen LogP) is 4.15. The maximum Gasteiger partial charge on any atom is 0.164 e. The summed E-state index contributed by atoms with van der Waals surface area (Å²) in [7, 11) is 0. The molecule has 0 unspecified atom stereocenters. The fraction of sp³-hybridized carbons (Fsp3) is 0.0909. The second-order valence-electron chi connectivity index (χ2n) is 3.07. The third kappa shape index (κ3) is 3.14. The molecule has 1 N–H and O–H groups in total. The number of rotatable bonds is 3. The first-order valence-corrected chi connectivity index (χ1v) is 5.93. The highest BCUT2D eigenvalue weighted by molar-refractivity contribution is 14.1. The topological polar surface area (TPSA) is 25.2 Å². The lowest BCUT2D eigenvalue weighted by Crippen LogP contribution is -1.97. The zero-order valence-corrected chi connectivity index (χ0v) is 10.7. The lowest BCUT2D eigenvalue weighted by Gasteiger charge is -2.03. The van der Waals surface area contributed by atoms with Gasteiger partial charge in [0.25, 0.3) is 0 Å². The maximum atomic E-state index is 5.87. The van der Waals surface area contributed by atoms with Crippen LogP contribution >= 0.6 is 34.2 Å². The molecule has 0 fully saturated rings. The van der Waals surface area contributed by atoms with Gasteiger partial charge in [-0.05, 0) is 52.9 Å². The van der Waals surface area contributed by atoms with Crippen LogP contribution in [0.25, 0.3) is 0 Å². The Bertz CT molecular complexity index is 455. The number of nitrogens with one attached hydrogen (secondary N) is 1. The van der Waals surface area contributed by atoms with E-state index in [9.17, 15) is 0 Å². The van der Waals surface area contributed by atoms with Crippen LogP contribution in [0.3, 0.4) is 0 Å².